The van der Waals surface area contributed by atoms with Gasteiger partial charge >= 0.3 is 0 Å². The highest BCUT2D eigenvalue weighted by Crippen LogP contribution is 2.26. The summed E-state index contributed by atoms with van der Waals surface area (Å²) in [5.41, 5.74) is 6.99. The minimum Gasteiger partial charge on any atom is -0.486 e. The first-order chi connectivity index (χ1) is 10.8. The Kier molecular flexibility index (Phi) is 3.94. The number of nitrogens with zero attached hydrogens (tertiary/aromatic N) is 3. The lowest BCUT2D eigenvalue weighted by Crippen LogP contribution is -2.06. The number of aromatic amines is 1. The minimum absolute atomic E-state index is 0.0428. The molecule has 0 aliphatic carbocycles. The van der Waals surface area contributed by atoms with Crippen LogP contribution in [0.15, 0.2) is 33.6 Å². The van der Waals surface area contributed by atoms with Crippen LogP contribution < -0.4 is 10.5 Å². The van der Waals surface area contributed by atoms with Gasteiger partial charge in [-0.15, -0.1) is 5.10 Å². The number of nitrogens with one attached hydrogen (secondary N) is 1. The normalized spacial score (nSPS) is 11.7. The first-order valence-corrected chi connectivity index (χ1v) is 9.11. The van der Waals surface area contributed by atoms with E-state index in [1.165, 1.54) is 6.07 Å². The zero-order valence-corrected chi connectivity index (χ0v) is 14.3. The molecule has 0 atom stereocenters. The summed E-state index contributed by atoms with van der Waals surface area (Å²) in [6.45, 7) is 0.0428. The number of aromatic nitrogens is 4. The van der Waals surface area contributed by atoms with Crippen molar-refractivity contribution in [2.45, 2.75) is 11.5 Å². The van der Waals surface area contributed by atoms with Crippen LogP contribution in [-0.2, 0) is 16.4 Å². The Morgan fingerprint density at radius 2 is 2.09 bits per heavy atom. The number of fused-ring (bicyclic) bond motifs is 1. The van der Waals surface area contributed by atoms with Crippen molar-refractivity contribution in [1.29, 1.82) is 0 Å². The largest absolute Gasteiger partial charge is 0.486 e. The van der Waals surface area contributed by atoms with Crippen molar-refractivity contribution in [3.63, 3.8) is 0 Å². The van der Waals surface area contributed by atoms with Gasteiger partial charge in [0.05, 0.1) is 4.90 Å². The van der Waals surface area contributed by atoms with E-state index in [9.17, 15) is 8.42 Å². The lowest BCUT2D eigenvalue weighted by atomic mass is 10.2. The van der Waals surface area contributed by atoms with Crippen LogP contribution >= 0.6 is 15.9 Å². The Morgan fingerprint density at radius 1 is 1.30 bits per heavy atom. The fourth-order valence-electron chi connectivity index (χ4n) is 2.08. The molecule has 1 aromatic carbocycles. The second kappa shape index (κ2) is 5.78. The van der Waals surface area contributed by atoms with E-state index in [-0.39, 0.29) is 17.3 Å². The molecule has 0 fully saturated rings. The predicted octanol–water partition coefficient (Wildman–Crippen LogP) is 1.68. The third-order valence-corrected chi connectivity index (χ3v) is 4.76. The number of hydrogen-bond donors (Lipinski definition) is 2. The van der Waals surface area contributed by atoms with E-state index >= 15 is 0 Å². The summed E-state index contributed by atoms with van der Waals surface area (Å²) in [5, 5.41) is 10.3. The number of halogens is 1. The van der Waals surface area contributed by atoms with Gasteiger partial charge in [0.1, 0.15) is 12.4 Å². The molecule has 0 saturated carbocycles. The van der Waals surface area contributed by atoms with Gasteiger partial charge < -0.3 is 10.5 Å². The minimum atomic E-state index is -3.38. The Morgan fingerprint density at radius 3 is 2.83 bits per heavy atom. The molecular formula is C13H12BrN5O3S. The summed E-state index contributed by atoms with van der Waals surface area (Å²) in [4.78, 5) is 4.21. The maximum Gasteiger partial charge on any atom is 0.207 e. The molecule has 0 spiro atoms. The van der Waals surface area contributed by atoms with Crippen molar-refractivity contribution in [3.05, 3.63) is 34.3 Å². The van der Waals surface area contributed by atoms with E-state index in [0.29, 0.717) is 26.9 Å². The highest BCUT2D eigenvalue weighted by Gasteiger charge is 2.16. The predicted molar refractivity (Wildman–Crippen MR) is 87.7 cm³/mol. The Hall–Kier alpha value is -2.20. The number of H-pyrrole nitrogens is 1. The number of rotatable bonds is 4. The topological polar surface area (TPSA) is 124 Å². The molecule has 0 unspecified atom stereocenters. The molecule has 120 valence electrons. The molecule has 8 nitrogen and oxygen atoms in total. The summed E-state index contributed by atoms with van der Waals surface area (Å²) in [6.07, 6.45) is 1.15. The van der Waals surface area contributed by atoms with E-state index in [1.54, 1.807) is 18.2 Å². The molecule has 3 aromatic rings. The molecule has 0 amide bonds. The highest BCUT2D eigenvalue weighted by atomic mass is 79.9. The lowest BCUT2D eigenvalue weighted by Gasteiger charge is -2.11. The fourth-order valence-corrected chi connectivity index (χ4v) is 3.54. The number of nitrogen functional groups attached to an aromatic ring is 1. The highest BCUT2D eigenvalue weighted by molar-refractivity contribution is 9.10. The van der Waals surface area contributed by atoms with Crippen LogP contribution in [0.5, 0.6) is 5.75 Å². The quantitative estimate of drug-likeness (QED) is 0.685. The first-order valence-electron chi connectivity index (χ1n) is 6.43. The van der Waals surface area contributed by atoms with Gasteiger partial charge in [-0.05, 0) is 12.1 Å². The van der Waals surface area contributed by atoms with Gasteiger partial charge in [-0.3, -0.25) is 0 Å². The number of anilines is 1. The molecule has 0 aliphatic heterocycles. The maximum atomic E-state index is 11.9. The standard InChI is InChI=1S/C13H12BrN5O3S/c1-23(20,21)10-4-8(14)3-2-7(10)6-22-9-5-11(15)16-13-12(9)17-19-18-13/h2-5H,6H2,1H3,(H3,15,16,17,18,19). The molecule has 2 aromatic heterocycles. The zero-order valence-electron chi connectivity index (χ0n) is 11.9. The summed E-state index contributed by atoms with van der Waals surface area (Å²) in [5.74, 6) is 0.615. The molecular weight excluding hydrogens is 386 g/mol. The van der Waals surface area contributed by atoms with E-state index in [4.69, 9.17) is 10.5 Å². The van der Waals surface area contributed by atoms with E-state index < -0.39 is 9.84 Å². The fraction of sp³-hybridized carbons (Fsp3) is 0.154. The van der Waals surface area contributed by atoms with Crippen LogP contribution in [0.25, 0.3) is 11.2 Å². The van der Waals surface area contributed by atoms with Gasteiger partial charge in [0.15, 0.2) is 21.1 Å². The number of ether oxygens (including phenoxy) is 1. The van der Waals surface area contributed by atoms with Gasteiger partial charge in [-0.1, -0.05) is 22.0 Å². The van der Waals surface area contributed by atoms with Crippen molar-refractivity contribution in [2.75, 3.05) is 12.0 Å². The zero-order chi connectivity index (χ0) is 16.6. The SMILES string of the molecule is CS(=O)(=O)c1cc(Br)ccc1COc1cc(N)nc2n[nH]nc12. The molecule has 3 N–H and O–H groups in total. The van der Waals surface area contributed by atoms with Crippen molar-refractivity contribution in [1.82, 2.24) is 20.4 Å². The van der Waals surface area contributed by atoms with Crippen LogP contribution in [0.3, 0.4) is 0 Å². The van der Waals surface area contributed by atoms with Crippen LogP contribution in [0, 0.1) is 0 Å². The Bertz CT molecular complexity index is 986. The number of hydrogen-bond acceptors (Lipinski definition) is 7. The number of benzene rings is 1. The summed E-state index contributed by atoms with van der Waals surface area (Å²) >= 11 is 3.27. The second-order valence-corrected chi connectivity index (χ2v) is 7.75. The molecule has 23 heavy (non-hydrogen) atoms. The Balaban J connectivity index is 1.96. The molecule has 0 bridgehead atoms. The van der Waals surface area contributed by atoms with Gasteiger partial charge in [0.25, 0.3) is 0 Å². The summed E-state index contributed by atoms with van der Waals surface area (Å²) in [7, 11) is -3.38. The van der Waals surface area contributed by atoms with Crippen molar-refractivity contribution < 1.29 is 13.2 Å². The van der Waals surface area contributed by atoms with E-state index in [0.717, 1.165) is 6.26 Å². The molecule has 0 saturated heterocycles. The molecule has 10 heteroatoms. The average Bonchev–Trinajstić information content (AvgIpc) is 2.92. The van der Waals surface area contributed by atoms with Crippen LogP contribution in [-0.4, -0.2) is 35.1 Å². The smallest absolute Gasteiger partial charge is 0.207 e. The average molecular weight is 398 g/mol. The monoisotopic (exact) mass is 397 g/mol. The van der Waals surface area contributed by atoms with Gasteiger partial charge in [-0.25, -0.2) is 13.4 Å². The Labute approximate surface area is 140 Å². The summed E-state index contributed by atoms with van der Waals surface area (Å²) < 4.78 is 30.2. The number of sulfone groups is 1. The summed E-state index contributed by atoms with van der Waals surface area (Å²) in [6, 6.07) is 6.50. The molecule has 3 rings (SSSR count). The van der Waals surface area contributed by atoms with Crippen molar-refractivity contribution in [2.24, 2.45) is 0 Å². The van der Waals surface area contributed by atoms with Crippen LogP contribution in [0.4, 0.5) is 5.82 Å². The van der Waals surface area contributed by atoms with Gasteiger partial charge in [-0.2, -0.15) is 10.3 Å². The third kappa shape index (κ3) is 3.27. The first kappa shape index (κ1) is 15.7. The van der Waals surface area contributed by atoms with Gasteiger partial charge in [0, 0.05) is 22.4 Å². The lowest BCUT2D eigenvalue weighted by molar-refractivity contribution is 0.306. The van der Waals surface area contributed by atoms with Gasteiger partial charge in [0.2, 0.25) is 5.65 Å². The molecule has 0 radical (unpaired) electrons. The van der Waals surface area contributed by atoms with Crippen molar-refractivity contribution in [3.8, 4) is 5.75 Å². The number of pyridine rings is 1. The molecule has 0 aliphatic rings. The van der Waals surface area contributed by atoms with E-state index in [2.05, 4.69) is 36.3 Å². The van der Waals surface area contributed by atoms with Crippen LogP contribution in [0.1, 0.15) is 5.56 Å². The van der Waals surface area contributed by atoms with Crippen molar-refractivity contribution >= 4 is 42.7 Å². The molecule has 2 heterocycles. The third-order valence-electron chi connectivity index (χ3n) is 3.09. The maximum absolute atomic E-state index is 11.9. The number of nitrogens with two attached hydrogens (primary N) is 1. The second-order valence-electron chi connectivity index (χ2n) is 4.85. The van der Waals surface area contributed by atoms with Crippen LogP contribution in [0.2, 0.25) is 0 Å². The van der Waals surface area contributed by atoms with E-state index in [1.807, 2.05) is 0 Å².